The lowest BCUT2D eigenvalue weighted by molar-refractivity contribution is -0.142. The molecule has 3 N–H and O–H groups in total. The molecule has 0 aliphatic carbocycles. The van der Waals surface area contributed by atoms with Crippen LogP contribution in [0.2, 0.25) is 0 Å². The summed E-state index contributed by atoms with van der Waals surface area (Å²) in [4.78, 5) is 10.7. The fourth-order valence-electron chi connectivity index (χ4n) is 1.18. The van der Waals surface area contributed by atoms with E-state index in [1.165, 1.54) is 6.92 Å². The molecule has 1 aromatic rings. The molecule has 84 valence electrons. The van der Waals surface area contributed by atoms with Gasteiger partial charge in [0, 0.05) is 12.7 Å². The zero-order chi connectivity index (χ0) is 11.5. The molecular weight excluding hydrogens is 262 g/mol. The Hall–Kier alpha value is -0.880. The lowest BCUT2D eigenvalue weighted by atomic mass is 9.98. The first-order chi connectivity index (χ1) is 6.92. The van der Waals surface area contributed by atoms with Crippen LogP contribution in [0.15, 0.2) is 16.9 Å². The van der Waals surface area contributed by atoms with Crippen molar-refractivity contribution < 1.29 is 9.90 Å². The predicted octanol–water partition coefficient (Wildman–Crippen LogP) is 1.23. The maximum Gasteiger partial charge on any atom is 0.323 e. The van der Waals surface area contributed by atoms with E-state index in [4.69, 9.17) is 10.8 Å². The molecule has 5 nitrogen and oxygen atoms in total. The molecule has 1 aromatic heterocycles. The van der Waals surface area contributed by atoms with E-state index in [0.717, 1.165) is 4.47 Å². The van der Waals surface area contributed by atoms with Crippen LogP contribution in [0.25, 0.3) is 0 Å². The normalized spacial score (nSPS) is 14.9. The summed E-state index contributed by atoms with van der Waals surface area (Å²) in [6.07, 6.45) is 4.65. The quantitative estimate of drug-likeness (QED) is 0.847. The summed E-state index contributed by atoms with van der Waals surface area (Å²) in [5.41, 5.74) is 4.44. The number of aliphatic carboxylic acids is 1. The fraction of sp³-hybridized carbons (Fsp3) is 0.556. The second-order valence-electron chi connectivity index (χ2n) is 3.75. The van der Waals surface area contributed by atoms with Gasteiger partial charge in [-0.2, -0.15) is 5.10 Å². The zero-order valence-corrected chi connectivity index (χ0v) is 10.1. The van der Waals surface area contributed by atoms with Crippen LogP contribution in [-0.2, 0) is 11.3 Å². The maximum atomic E-state index is 10.7. The number of aromatic nitrogens is 2. The summed E-state index contributed by atoms with van der Waals surface area (Å²) in [6, 6.07) is 0. The molecule has 1 atom stereocenters. The van der Waals surface area contributed by atoms with Crippen molar-refractivity contribution in [3.05, 3.63) is 16.9 Å². The monoisotopic (exact) mass is 275 g/mol. The number of aryl methyl sites for hydroxylation is 1. The molecule has 0 fully saturated rings. The third kappa shape index (κ3) is 3.64. The van der Waals surface area contributed by atoms with Gasteiger partial charge in [-0.1, -0.05) is 0 Å². The van der Waals surface area contributed by atoms with E-state index in [-0.39, 0.29) is 0 Å². The van der Waals surface area contributed by atoms with Crippen molar-refractivity contribution in [2.24, 2.45) is 5.73 Å². The van der Waals surface area contributed by atoms with Gasteiger partial charge in [-0.05, 0) is 35.7 Å². The molecule has 0 aliphatic rings. The van der Waals surface area contributed by atoms with Crippen molar-refractivity contribution in [1.82, 2.24) is 9.78 Å². The number of carboxylic acid groups (broad SMARTS) is 1. The number of nitrogens with two attached hydrogens (primary N) is 1. The average molecular weight is 276 g/mol. The van der Waals surface area contributed by atoms with Gasteiger partial charge in [0.1, 0.15) is 5.54 Å². The van der Waals surface area contributed by atoms with E-state index in [9.17, 15) is 4.79 Å². The van der Waals surface area contributed by atoms with Gasteiger partial charge in [-0.25, -0.2) is 0 Å². The Morgan fingerprint density at radius 2 is 2.47 bits per heavy atom. The molecule has 6 heteroatoms. The summed E-state index contributed by atoms with van der Waals surface area (Å²) in [5.74, 6) is -0.968. The molecule has 0 spiro atoms. The van der Waals surface area contributed by atoms with Crippen molar-refractivity contribution in [2.75, 3.05) is 0 Å². The van der Waals surface area contributed by atoms with Gasteiger partial charge in [-0.15, -0.1) is 0 Å². The Balaban J connectivity index is 2.36. The van der Waals surface area contributed by atoms with Crippen LogP contribution in [0.5, 0.6) is 0 Å². The molecule has 0 bridgehead atoms. The minimum atomic E-state index is -1.15. The van der Waals surface area contributed by atoms with Crippen LogP contribution in [-0.4, -0.2) is 26.4 Å². The van der Waals surface area contributed by atoms with E-state index in [0.29, 0.717) is 19.4 Å². The van der Waals surface area contributed by atoms with Gasteiger partial charge in [-0.3, -0.25) is 9.48 Å². The Labute approximate surface area is 96.4 Å². The first-order valence-corrected chi connectivity index (χ1v) is 5.41. The van der Waals surface area contributed by atoms with E-state index >= 15 is 0 Å². The van der Waals surface area contributed by atoms with Gasteiger partial charge < -0.3 is 10.8 Å². The number of carboxylic acids is 1. The highest BCUT2D eigenvalue weighted by Crippen LogP contribution is 2.11. The van der Waals surface area contributed by atoms with Crippen LogP contribution in [0, 0.1) is 0 Å². The van der Waals surface area contributed by atoms with Crippen molar-refractivity contribution >= 4 is 21.9 Å². The zero-order valence-electron chi connectivity index (χ0n) is 8.48. The molecule has 1 heterocycles. The van der Waals surface area contributed by atoms with E-state index in [2.05, 4.69) is 21.0 Å². The number of hydrogen-bond acceptors (Lipinski definition) is 3. The minimum absolute atomic E-state index is 0.430. The van der Waals surface area contributed by atoms with Crippen LogP contribution in [0.1, 0.15) is 19.8 Å². The molecule has 0 aliphatic heterocycles. The van der Waals surface area contributed by atoms with Crippen molar-refractivity contribution in [2.45, 2.75) is 31.8 Å². The van der Waals surface area contributed by atoms with Gasteiger partial charge in [0.2, 0.25) is 0 Å². The second-order valence-corrected chi connectivity index (χ2v) is 4.66. The van der Waals surface area contributed by atoms with E-state index in [1.807, 2.05) is 6.20 Å². The molecule has 0 saturated carbocycles. The molecule has 0 amide bonds. The van der Waals surface area contributed by atoms with Crippen molar-refractivity contribution in [3.63, 3.8) is 0 Å². The fourth-order valence-corrected chi connectivity index (χ4v) is 1.50. The molecule has 15 heavy (non-hydrogen) atoms. The average Bonchev–Trinajstić information content (AvgIpc) is 2.51. The lowest BCUT2D eigenvalue weighted by Crippen LogP contribution is -2.44. The highest BCUT2D eigenvalue weighted by molar-refractivity contribution is 9.10. The summed E-state index contributed by atoms with van der Waals surface area (Å²) in [6.45, 7) is 2.19. The third-order valence-electron chi connectivity index (χ3n) is 2.17. The second kappa shape index (κ2) is 4.76. The van der Waals surface area contributed by atoms with Crippen LogP contribution >= 0.6 is 15.9 Å². The first kappa shape index (κ1) is 12.2. The number of halogens is 1. The van der Waals surface area contributed by atoms with Gasteiger partial charge in [0.15, 0.2) is 0 Å². The summed E-state index contributed by atoms with van der Waals surface area (Å²) >= 11 is 3.28. The van der Waals surface area contributed by atoms with E-state index < -0.39 is 11.5 Å². The Bertz CT molecular complexity index is 349. The summed E-state index contributed by atoms with van der Waals surface area (Å²) < 4.78 is 2.67. The van der Waals surface area contributed by atoms with E-state index in [1.54, 1.807) is 10.9 Å². The third-order valence-corrected chi connectivity index (χ3v) is 2.58. The number of hydrogen-bond donors (Lipinski definition) is 2. The molecular formula is C9H14BrN3O2. The van der Waals surface area contributed by atoms with Crippen LogP contribution < -0.4 is 5.73 Å². The highest BCUT2D eigenvalue weighted by Gasteiger charge is 2.26. The lowest BCUT2D eigenvalue weighted by Gasteiger charge is -2.18. The Morgan fingerprint density at radius 3 is 2.93 bits per heavy atom. The predicted molar refractivity (Wildman–Crippen MR) is 59.4 cm³/mol. The topological polar surface area (TPSA) is 81.1 Å². The summed E-state index contributed by atoms with van der Waals surface area (Å²) in [5, 5.41) is 12.8. The summed E-state index contributed by atoms with van der Waals surface area (Å²) in [7, 11) is 0. The molecule has 0 radical (unpaired) electrons. The first-order valence-electron chi connectivity index (χ1n) is 4.62. The minimum Gasteiger partial charge on any atom is -0.480 e. The number of nitrogens with zero attached hydrogens (tertiary/aromatic N) is 2. The van der Waals surface area contributed by atoms with Gasteiger partial charge in [0.05, 0.1) is 10.7 Å². The standard InChI is InChI=1S/C9H14BrN3O2/c1-9(11,8(14)15)3-2-4-13-6-7(10)5-12-13/h5-6H,2-4,11H2,1H3,(H,14,15). The Morgan fingerprint density at radius 1 is 1.80 bits per heavy atom. The molecule has 0 saturated heterocycles. The number of carbonyl (C=O) groups is 1. The van der Waals surface area contributed by atoms with Crippen molar-refractivity contribution in [3.8, 4) is 0 Å². The van der Waals surface area contributed by atoms with Crippen LogP contribution in [0.3, 0.4) is 0 Å². The highest BCUT2D eigenvalue weighted by atomic mass is 79.9. The largest absolute Gasteiger partial charge is 0.480 e. The van der Waals surface area contributed by atoms with Crippen LogP contribution in [0.4, 0.5) is 0 Å². The Kier molecular flexibility index (Phi) is 3.87. The smallest absolute Gasteiger partial charge is 0.323 e. The van der Waals surface area contributed by atoms with Gasteiger partial charge >= 0.3 is 5.97 Å². The molecule has 0 aromatic carbocycles. The SMILES string of the molecule is CC(N)(CCCn1cc(Br)cn1)C(=O)O. The number of rotatable bonds is 5. The maximum absolute atomic E-state index is 10.7. The molecule has 1 unspecified atom stereocenters. The molecule has 1 rings (SSSR count). The van der Waals surface area contributed by atoms with Crippen molar-refractivity contribution in [1.29, 1.82) is 0 Å². The van der Waals surface area contributed by atoms with Gasteiger partial charge in [0.25, 0.3) is 0 Å².